The zero-order chi connectivity index (χ0) is 14.1. The first-order chi connectivity index (χ1) is 9.67. The molecule has 104 valence electrons. The quantitative estimate of drug-likeness (QED) is 0.937. The average molecular weight is 288 g/mol. The number of amides is 1. The van der Waals surface area contributed by atoms with Crippen LogP contribution in [0.25, 0.3) is 11.3 Å². The van der Waals surface area contributed by atoms with Crippen molar-refractivity contribution in [2.24, 2.45) is 5.92 Å². The Morgan fingerprint density at radius 3 is 2.95 bits per heavy atom. The lowest BCUT2D eigenvalue weighted by Crippen LogP contribution is -2.12. The number of rotatable bonds is 4. The van der Waals surface area contributed by atoms with E-state index in [1.807, 2.05) is 30.5 Å². The molecule has 0 bridgehead atoms. The Hall–Kier alpha value is -1.88. The van der Waals surface area contributed by atoms with E-state index in [9.17, 15) is 4.79 Å². The lowest BCUT2D eigenvalue weighted by molar-refractivity contribution is -0.117. The lowest BCUT2D eigenvalue weighted by Gasteiger charge is -2.07. The summed E-state index contributed by atoms with van der Waals surface area (Å²) >= 11 is 1.44. The van der Waals surface area contributed by atoms with Gasteiger partial charge in [0, 0.05) is 16.9 Å². The predicted octanol–water partition coefficient (Wildman–Crippen LogP) is 3.48. The van der Waals surface area contributed by atoms with Crippen molar-refractivity contribution in [2.75, 3.05) is 12.4 Å². The van der Waals surface area contributed by atoms with Crippen LogP contribution in [0.2, 0.25) is 0 Å². The van der Waals surface area contributed by atoms with Gasteiger partial charge in [-0.1, -0.05) is 11.6 Å². The molecule has 0 aliphatic heterocycles. The summed E-state index contributed by atoms with van der Waals surface area (Å²) in [5, 5.41) is 5.47. The van der Waals surface area contributed by atoms with Crippen molar-refractivity contribution in [3.63, 3.8) is 0 Å². The Morgan fingerprint density at radius 1 is 1.45 bits per heavy atom. The minimum Gasteiger partial charge on any atom is -0.496 e. The van der Waals surface area contributed by atoms with Gasteiger partial charge in [-0.2, -0.15) is 0 Å². The molecule has 1 aromatic heterocycles. The van der Waals surface area contributed by atoms with Crippen molar-refractivity contribution in [2.45, 2.75) is 19.8 Å². The summed E-state index contributed by atoms with van der Waals surface area (Å²) in [6, 6.07) is 5.98. The average Bonchev–Trinajstić information content (AvgIpc) is 3.20. The Kier molecular flexibility index (Phi) is 3.44. The molecule has 0 spiro atoms. The number of methoxy groups -OCH3 is 1. The van der Waals surface area contributed by atoms with E-state index >= 15 is 0 Å². The molecule has 1 saturated carbocycles. The second kappa shape index (κ2) is 5.25. The van der Waals surface area contributed by atoms with Gasteiger partial charge in [0.05, 0.1) is 12.8 Å². The van der Waals surface area contributed by atoms with Crippen molar-refractivity contribution in [1.82, 2.24) is 4.98 Å². The second-order valence-electron chi connectivity index (χ2n) is 5.01. The highest BCUT2D eigenvalue weighted by Gasteiger charge is 2.30. The summed E-state index contributed by atoms with van der Waals surface area (Å²) in [7, 11) is 1.65. The minimum atomic E-state index is 0.0853. The Labute approximate surface area is 121 Å². The van der Waals surface area contributed by atoms with E-state index in [2.05, 4.69) is 10.3 Å². The van der Waals surface area contributed by atoms with Gasteiger partial charge in [-0.25, -0.2) is 4.98 Å². The number of nitrogens with zero attached hydrogens (tertiary/aromatic N) is 1. The molecular weight excluding hydrogens is 272 g/mol. The fourth-order valence-electron chi connectivity index (χ4n) is 2.03. The number of nitrogens with one attached hydrogen (secondary N) is 1. The third-order valence-electron chi connectivity index (χ3n) is 3.31. The maximum absolute atomic E-state index is 11.7. The number of ether oxygens (including phenoxy) is 1. The molecule has 0 radical (unpaired) electrons. The molecule has 0 saturated heterocycles. The summed E-state index contributed by atoms with van der Waals surface area (Å²) in [5.74, 6) is 1.07. The first-order valence-electron chi connectivity index (χ1n) is 6.59. The van der Waals surface area contributed by atoms with Crippen molar-refractivity contribution >= 4 is 22.4 Å². The molecule has 0 unspecified atom stereocenters. The van der Waals surface area contributed by atoms with Gasteiger partial charge < -0.3 is 10.1 Å². The molecule has 4 nitrogen and oxygen atoms in total. The van der Waals surface area contributed by atoms with Crippen molar-refractivity contribution < 1.29 is 9.53 Å². The van der Waals surface area contributed by atoms with Crippen molar-refractivity contribution in [3.05, 3.63) is 29.1 Å². The van der Waals surface area contributed by atoms with E-state index < -0.39 is 0 Å². The van der Waals surface area contributed by atoms with Crippen LogP contribution in [0.4, 0.5) is 5.13 Å². The predicted molar refractivity (Wildman–Crippen MR) is 80.2 cm³/mol. The molecule has 1 heterocycles. The fraction of sp³-hybridized carbons (Fsp3) is 0.333. The van der Waals surface area contributed by atoms with Crippen LogP contribution in [-0.2, 0) is 4.79 Å². The van der Waals surface area contributed by atoms with Gasteiger partial charge in [0.1, 0.15) is 5.75 Å². The van der Waals surface area contributed by atoms with Gasteiger partial charge in [-0.3, -0.25) is 4.79 Å². The second-order valence-corrected chi connectivity index (χ2v) is 5.86. The van der Waals surface area contributed by atoms with Crippen molar-refractivity contribution in [3.8, 4) is 17.0 Å². The van der Waals surface area contributed by atoms with Gasteiger partial charge in [0.15, 0.2) is 5.13 Å². The number of aromatic nitrogens is 1. The van der Waals surface area contributed by atoms with Crippen LogP contribution in [0, 0.1) is 12.8 Å². The Bertz CT molecular complexity index is 647. The number of carbonyl (C=O) groups excluding carboxylic acids is 1. The van der Waals surface area contributed by atoms with Crippen LogP contribution < -0.4 is 10.1 Å². The third-order valence-corrected chi connectivity index (χ3v) is 4.07. The zero-order valence-corrected chi connectivity index (χ0v) is 12.3. The minimum absolute atomic E-state index is 0.0853. The van der Waals surface area contributed by atoms with E-state index in [4.69, 9.17) is 4.74 Å². The van der Waals surface area contributed by atoms with Gasteiger partial charge in [-0.15, -0.1) is 11.3 Å². The number of hydrogen-bond acceptors (Lipinski definition) is 4. The summed E-state index contributed by atoms with van der Waals surface area (Å²) in [6.07, 6.45) is 1.99. The van der Waals surface area contributed by atoms with E-state index in [0.29, 0.717) is 5.13 Å². The topological polar surface area (TPSA) is 51.2 Å². The lowest BCUT2D eigenvalue weighted by atomic mass is 10.1. The standard InChI is InChI=1S/C15H16N2O2S/c1-9-3-6-13(19-2)11(7-9)12-8-20-15(16-12)17-14(18)10-4-5-10/h3,6-8,10H,4-5H2,1-2H3,(H,16,17,18). The van der Waals surface area contributed by atoms with Crippen LogP contribution in [0.15, 0.2) is 23.6 Å². The molecule has 1 aliphatic carbocycles. The third kappa shape index (κ3) is 2.67. The van der Waals surface area contributed by atoms with Crippen LogP contribution in [0.1, 0.15) is 18.4 Å². The summed E-state index contributed by atoms with van der Waals surface area (Å²) < 4.78 is 5.37. The maximum Gasteiger partial charge on any atom is 0.229 e. The Morgan fingerprint density at radius 2 is 2.25 bits per heavy atom. The van der Waals surface area contributed by atoms with Gasteiger partial charge >= 0.3 is 0 Å². The molecule has 2 aromatic rings. The van der Waals surface area contributed by atoms with Gasteiger partial charge in [0.25, 0.3) is 0 Å². The monoisotopic (exact) mass is 288 g/mol. The highest BCUT2D eigenvalue weighted by atomic mass is 32.1. The number of thiazole rings is 1. The summed E-state index contributed by atoms with van der Waals surface area (Å²) in [4.78, 5) is 16.2. The smallest absolute Gasteiger partial charge is 0.229 e. The highest BCUT2D eigenvalue weighted by Crippen LogP contribution is 2.34. The van der Waals surface area contributed by atoms with E-state index in [-0.39, 0.29) is 11.8 Å². The Balaban J connectivity index is 1.85. The molecule has 1 fully saturated rings. The van der Waals surface area contributed by atoms with Crippen LogP contribution in [0.3, 0.4) is 0 Å². The number of aryl methyl sites for hydroxylation is 1. The van der Waals surface area contributed by atoms with E-state index in [0.717, 1.165) is 35.4 Å². The number of anilines is 1. The van der Waals surface area contributed by atoms with Gasteiger partial charge in [0.2, 0.25) is 5.91 Å². The molecule has 1 N–H and O–H groups in total. The highest BCUT2D eigenvalue weighted by molar-refractivity contribution is 7.14. The molecule has 20 heavy (non-hydrogen) atoms. The molecule has 1 aromatic carbocycles. The SMILES string of the molecule is COc1ccc(C)cc1-c1csc(NC(=O)C2CC2)n1. The molecule has 3 rings (SSSR count). The van der Waals surface area contributed by atoms with E-state index in [1.165, 1.54) is 11.3 Å². The molecule has 5 heteroatoms. The normalized spacial score (nSPS) is 14.1. The number of hydrogen-bond donors (Lipinski definition) is 1. The number of benzene rings is 1. The van der Waals surface area contributed by atoms with Crippen molar-refractivity contribution in [1.29, 1.82) is 0 Å². The zero-order valence-electron chi connectivity index (χ0n) is 11.5. The largest absolute Gasteiger partial charge is 0.496 e. The first kappa shape index (κ1) is 13.1. The maximum atomic E-state index is 11.7. The number of carbonyl (C=O) groups is 1. The first-order valence-corrected chi connectivity index (χ1v) is 7.47. The van der Waals surface area contributed by atoms with Crippen LogP contribution in [-0.4, -0.2) is 18.0 Å². The van der Waals surface area contributed by atoms with E-state index in [1.54, 1.807) is 7.11 Å². The molecular formula is C15H16N2O2S. The van der Waals surface area contributed by atoms with Crippen LogP contribution >= 0.6 is 11.3 Å². The molecule has 1 amide bonds. The van der Waals surface area contributed by atoms with Crippen LogP contribution in [0.5, 0.6) is 5.75 Å². The fourth-order valence-corrected chi connectivity index (χ4v) is 2.74. The van der Waals surface area contributed by atoms with Gasteiger partial charge in [-0.05, 0) is 31.9 Å². The summed E-state index contributed by atoms with van der Waals surface area (Å²) in [6.45, 7) is 2.03. The molecule has 1 aliphatic rings. The summed E-state index contributed by atoms with van der Waals surface area (Å²) in [5.41, 5.74) is 2.94. The molecule has 0 atom stereocenters.